The maximum absolute atomic E-state index is 12.5. The monoisotopic (exact) mass is 274 g/mol. The Bertz CT molecular complexity index is 415. The molecule has 0 amide bonds. The standard InChI is InChI=1S/C13H17F3N2O/c1-18-7-5-12(6-8-18)19-17-11-4-2-3-10(9-11)13(14,15)16/h2-4,9,12,17H,5-8H2,1H3. The van der Waals surface area contributed by atoms with Gasteiger partial charge in [0.2, 0.25) is 0 Å². The fraction of sp³-hybridized carbons (Fsp3) is 0.538. The molecule has 3 nitrogen and oxygen atoms in total. The Kier molecular flexibility index (Phi) is 4.31. The molecule has 0 spiro atoms. The molecule has 1 aromatic rings. The van der Waals surface area contributed by atoms with Gasteiger partial charge in [0, 0.05) is 13.1 Å². The van der Waals surface area contributed by atoms with Gasteiger partial charge in [0.05, 0.1) is 17.4 Å². The van der Waals surface area contributed by atoms with Gasteiger partial charge in [-0.3, -0.25) is 10.3 Å². The van der Waals surface area contributed by atoms with Gasteiger partial charge in [-0.15, -0.1) is 0 Å². The summed E-state index contributed by atoms with van der Waals surface area (Å²) in [6, 6.07) is 5.02. The summed E-state index contributed by atoms with van der Waals surface area (Å²) in [7, 11) is 2.04. The first kappa shape index (κ1) is 14.1. The molecule has 1 aromatic carbocycles. The molecule has 0 atom stereocenters. The smallest absolute Gasteiger partial charge is 0.306 e. The number of hydrogen-bond donors (Lipinski definition) is 1. The Morgan fingerprint density at radius 2 is 1.95 bits per heavy atom. The number of piperidine rings is 1. The summed E-state index contributed by atoms with van der Waals surface area (Å²) in [5.41, 5.74) is 2.27. The fourth-order valence-corrected chi connectivity index (χ4v) is 2.01. The largest absolute Gasteiger partial charge is 0.416 e. The van der Waals surface area contributed by atoms with Crippen molar-refractivity contribution in [1.29, 1.82) is 0 Å². The number of anilines is 1. The molecule has 1 fully saturated rings. The van der Waals surface area contributed by atoms with Crippen LogP contribution < -0.4 is 5.48 Å². The zero-order valence-electron chi connectivity index (χ0n) is 10.7. The van der Waals surface area contributed by atoms with Crippen LogP contribution in [0, 0.1) is 0 Å². The van der Waals surface area contributed by atoms with E-state index in [1.807, 2.05) is 7.05 Å². The summed E-state index contributed by atoms with van der Waals surface area (Å²) >= 11 is 0. The van der Waals surface area contributed by atoms with Crippen LogP contribution in [-0.2, 0) is 11.0 Å². The van der Waals surface area contributed by atoms with Crippen LogP contribution in [-0.4, -0.2) is 31.1 Å². The number of nitrogens with zero attached hydrogens (tertiary/aromatic N) is 1. The molecular formula is C13H17F3N2O. The van der Waals surface area contributed by atoms with E-state index in [4.69, 9.17) is 4.84 Å². The first-order chi connectivity index (χ1) is 8.95. The molecule has 2 rings (SSSR count). The number of hydrogen-bond acceptors (Lipinski definition) is 3. The summed E-state index contributed by atoms with van der Waals surface area (Å²) < 4.78 is 37.6. The lowest BCUT2D eigenvalue weighted by molar-refractivity contribution is -0.137. The first-order valence-electron chi connectivity index (χ1n) is 6.22. The highest BCUT2D eigenvalue weighted by Crippen LogP contribution is 2.30. The molecule has 1 N–H and O–H groups in total. The predicted octanol–water partition coefficient (Wildman–Crippen LogP) is 3.14. The zero-order valence-corrected chi connectivity index (χ0v) is 10.7. The van der Waals surface area contributed by atoms with Crippen molar-refractivity contribution in [1.82, 2.24) is 4.90 Å². The topological polar surface area (TPSA) is 24.5 Å². The maximum Gasteiger partial charge on any atom is 0.416 e. The van der Waals surface area contributed by atoms with Crippen molar-refractivity contribution in [2.24, 2.45) is 0 Å². The lowest BCUT2D eigenvalue weighted by atomic mass is 10.1. The summed E-state index contributed by atoms with van der Waals surface area (Å²) in [5, 5.41) is 0. The minimum Gasteiger partial charge on any atom is -0.306 e. The van der Waals surface area contributed by atoms with Crippen molar-refractivity contribution in [3.05, 3.63) is 29.8 Å². The number of benzene rings is 1. The Morgan fingerprint density at radius 1 is 1.26 bits per heavy atom. The van der Waals surface area contributed by atoms with Gasteiger partial charge in [0.25, 0.3) is 0 Å². The molecule has 0 unspecified atom stereocenters. The van der Waals surface area contributed by atoms with Gasteiger partial charge in [0.1, 0.15) is 0 Å². The van der Waals surface area contributed by atoms with Crippen LogP contribution in [0.15, 0.2) is 24.3 Å². The lowest BCUT2D eigenvalue weighted by Crippen LogP contribution is -2.35. The minimum atomic E-state index is -4.33. The molecule has 1 aliphatic rings. The Hall–Kier alpha value is -1.27. The summed E-state index contributed by atoms with van der Waals surface area (Å²) in [6.45, 7) is 1.88. The highest BCUT2D eigenvalue weighted by Gasteiger charge is 2.30. The van der Waals surface area contributed by atoms with E-state index in [1.165, 1.54) is 6.07 Å². The van der Waals surface area contributed by atoms with Crippen molar-refractivity contribution >= 4 is 5.69 Å². The second kappa shape index (κ2) is 5.79. The van der Waals surface area contributed by atoms with Gasteiger partial charge >= 0.3 is 6.18 Å². The fourth-order valence-electron chi connectivity index (χ4n) is 2.01. The number of nitrogens with one attached hydrogen (secondary N) is 1. The predicted molar refractivity (Wildman–Crippen MR) is 66.7 cm³/mol. The average Bonchev–Trinajstić information content (AvgIpc) is 2.37. The number of halogens is 3. The van der Waals surface area contributed by atoms with E-state index in [9.17, 15) is 13.2 Å². The molecule has 6 heteroatoms. The zero-order chi connectivity index (χ0) is 13.9. The normalized spacial score (nSPS) is 18.5. The second-order valence-corrected chi connectivity index (χ2v) is 4.80. The summed E-state index contributed by atoms with van der Waals surface area (Å²) in [4.78, 5) is 7.64. The number of alkyl halides is 3. The molecule has 19 heavy (non-hydrogen) atoms. The molecule has 0 radical (unpaired) electrons. The van der Waals surface area contributed by atoms with Crippen molar-refractivity contribution in [2.45, 2.75) is 25.1 Å². The van der Waals surface area contributed by atoms with Gasteiger partial charge < -0.3 is 4.90 Å². The van der Waals surface area contributed by atoms with Gasteiger partial charge in [-0.05, 0) is 38.1 Å². The van der Waals surface area contributed by atoms with Gasteiger partial charge in [-0.2, -0.15) is 13.2 Å². The first-order valence-corrected chi connectivity index (χ1v) is 6.22. The summed E-state index contributed by atoms with van der Waals surface area (Å²) in [5.74, 6) is 0. The number of likely N-dealkylation sites (tertiary alicyclic amines) is 1. The molecule has 1 heterocycles. The molecule has 0 aliphatic carbocycles. The maximum atomic E-state index is 12.5. The van der Waals surface area contributed by atoms with Crippen LogP contribution in [0.3, 0.4) is 0 Å². The van der Waals surface area contributed by atoms with Crippen molar-refractivity contribution in [2.75, 3.05) is 25.6 Å². The third-order valence-corrected chi connectivity index (χ3v) is 3.20. The molecule has 106 valence electrons. The number of rotatable bonds is 3. The minimum absolute atomic E-state index is 0.0470. The highest BCUT2D eigenvalue weighted by molar-refractivity contribution is 5.44. The second-order valence-electron chi connectivity index (χ2n) is 4.80. The molecule has 0 aromatic heterocycles. The highest BCUT2D eigenvalue weighted by atomic mass is 19.4. The van der Waals surface area contributed by atoms with Crippen LogP contribution in [0.2, 0.25) is 0 Å². The van der Waals surface area contributed by atoms with E-state index >= 15 is 0 Å². The Balaban J connectivity index is 1.89. The van der Waals surface area contributed by atoms with Crippen LogP contribution in [0.1, 0.15) is 18.4 Å². The van der Waals surface area contributed by atoms with Crippen molar-refractivity contribution < 1.29 is 18.0 Å². The molecular weight excluding hydrogens is 257 g/mol. The van der Waals surface area contributed by atoms with E-state index in [0.717, 1.165) is 38.1 Å². The average molecular weight is 274 g/mol. The Morgan fingerprint density at radius 3 is 2.58 bits per heavy atom. The van der Waals surface area contributed by atoms with Gasteiger partial charge in [0.15, 0.2) is 0 Å². The third kappa shape index (κ3) is 4.11. The van der Waals surface area contributed by atoms with Crippen LogP contribution in [0.25, 0.3) is 0 Å². The van der Waals surface area contributed by atoms with Crippen LogP contribution in [0.5, 0.6) is 0 Å². The molecule has 0 saturated carbocycles. The quantitative estimate of drug-likeness (QED) is 0.857. The van der Waals surface area contributed by atoms with Gasteiger partial charge in [-0.25, -0.2) is 0 Å². The molecule has 0 bridgehead atoms. The van der Waals surface area contributed by atoms with E-state index in [2.05, 4.69) is 10.4 Å². The summed E-state index contributed by atoms with van der Waals surface area (Å²) in [6.07, 6.45) is -2.53. The van der Waals surface area contributed by atoms with Gasteiger partial charge in [-0.1, -0.05) is 6.07 Å². The Labute approximate surface area is 110 Å². The van der Waals surface area contributed by atoms with Crippen molar-refractivity contribution in [3.8, 4) is 0 Å². The van der Waals surface area contributed by atoms with E-state index in [0.29, 0.717) is 5.69 Å². The van der Waals surface area contributed by atoms with Crippen LogP contribution >= 0.6 is 0 Å². The van der Waals surface area contributed by atoms with E-state index in [1.54, 1.807) is 6.07 Å². The molecule has 1 saturated heterocycles. The van der Waals surface area contributed by atoms with Crippen LogP contribution in [0.4, 0.5) is 18.9 Å². The molecule has 1 aliphatic heterocycles. The third-order valence-electron chi connectivity index (χ3n) is 3.20. The van der Waals surface area contributed by atoms with E-state index in [-0.39, 0.29) is 6.10 Å². The lowest BCUT2D eigenvalue weighted by Gasteiger charge is -2.28. The van der Waals surface area contributed by atoms with Crippen molar-refractivity contribution in [3.63, 3.8) is 0 Å². The SMILES string of the molecule is CN1CCC(ONc2cccc(C(F)(F)F)c2)CC1. The van der Waals surface area contributed by atoms with E-state index < -0.39 is 11.7 Å².